The summed E-state index contributed by atoms with van der Waals surface area (Å²) in [5.74, 6) is 0. The number of benzene rings is 5. The molecule has 0 N–H and O–H groups in total. The number of hydrogen-bond donors (Lipinski definition) is 0. The first kappa shape index (κ1) is 32.2. The summed E-state index contributed by atoms with van der Waals surface area (Å²) in [5.41, 5.74) is 15.8. The number of aromatic nitrogens is 5. The van der Waals surface area contributed by atoms with Crippen molar-refractivity contribution >= 4 is 21.8 Å². The van der Waals surface area contributed by atoms with Gasteiger partial charge in [-0.1, -0.05) is 84.9 Å². The zero-order chi connectivity index (χ0) is 36.6. The van der Waals surface area contributed by atoms with Crippen molar-refractivity contribution in [2.24, 2.45) is 0 Å². The molecule has 5 heterocycles. The molecule has 0 unspecified atom stereocenters. The quantitative estimate of drug-likeness (QED) is 0.166. The Balaban J connectivity index is 1.13. The summed E-state index contributed by atoms with van der Waals surface area (Å²) >= 11 is 0. The second-order valence-electron chi connectivity index (χ2n) is 13.6. The molecule has 0 fully saturated rings. The minimum Gasteiger partial charge on any atom is -0.309 e. The largest absolute Gasteiger partial charge is 0.309 e. The summed E-state index contributed by atoms with van der Waals surface area (Å²) in [6, 6.07) is 62.0. The van der Waals surface area contributed by atoms with Gasteiger partial charge in [0.05, 0.1) is 33.8 Å². The van der Waals surface area contributed by atoms with Gasteiger partial charge in [0.25, 0.3) is 0 Å². The minimum atomic E-state index is 0.918. The normalized spacial score (nSPS) is 11.3. The van der Waals surface area contributed by atoms with Gasteiger partial charge in [-0.3, -0.25) is 9.97 Å². The molecule has 55 heavy (non-hydrogen) atoms. The molecule has 0 aliphatic carbocycles. The molecule has 10 aromatic rings. The van der Waals surface area contributed by atoms with Crippen molar-refractivity contribution in [3.05, 3.63) is 201 Å². The molecule has 0 saturated heterocycles. The summed E-state index contributed by atoms with van der Waals surface area (Å²) in [6.45, 7) is 0. The molecule has 0 amide bonds. The SMILES string of the molecule is c1cc(-c2cc(-c3cccc(-c4cccc(-c5ccncc5)n4)c3)cc(-n3c4ccccc4c4ccccc43)c2)cc(-c2cccc(-c3ccncc3)n2)c1. The lowest BCUT2D eigenvalue weighted by atomic mass is 9.95. The molecule has 0 radical (unpaired) electrons. The topological polar surface area (TPSA) is 56.5 Å². The van der Waals surface area contributed by atoms with Gasteiger partial charge in [0.15, 0.2) is 0 Å². The van der Waals surface area contributed by atoms with E-state index in [4.69, 9.17) is 9.97 Å². The van der Waals surface area contributed by atoms with E-state index in [2.05, 4.69) is 154 Å². The Morgan fingerprint density at radius 1 is 0.291 bits per heavy atom. The summed E-state index contributed by atoms with van der Waals surface area (Å²) in [5, 5.41) is 2.46. The van der Waals surface area contributed by atoms with Crippen molar-refractivity contribution in [3.8, 4) is 73.0 Å². The molecule has 5 nitrogen and oxygen atoms in total. The van der Waals surface area contributed by atoms with Crippen LogP contribution in [0.25, 0.3) is 94.8 Å². The van der Waals surface area contributed by atoms with Crippen LogP contribution in [0, 0.1) is 0 Å². The van der Waals surface area contributed by atoms with E-state index in [1.807, 2.05) is 36.4 Å². The molecular formula is C50H33N5. The summed E-state index contributed by atoms with van der Waals surface area (Å²) in [7, 11) is 0. The van der Waals surface area contributed by atoms with E-state index in [0.717, 1.165) is 73.0 Å². The molecule has 0 saturated carbocycles. The highest BCUT2D eigenvalue weighted by atomic mass is 15.0. The van der Waals surface area contributed by atoms with Crippen molar-refractivity contribution in [2.75, 3.05) is 0 Å². The molecule has 0 atom stereocenters. The van der Waals surface area contributed by atoms with Crippen LogP contribution in [0.1, 0.15) is 0 Å². The maximum absolute atomic E-state index is 5.06. The smallest absolute Gasteiger partial charge is 0.0710 e. The number of fused-ring (bicyclic) bond motifs is 3. The van der Waals surface area contributed by atoms with E-state index in [1.165, 1.54) is 21.8 Å². The lowest BCUT2D eigenvalue weighted by Gasteiger charge is -2.15. The maximum Gasteiger partial charge on any atom is 0.0710 e. The number of hydrogen-bond acceptors (Lipinski definition) is 4. The van der Waals surface area contributed by atoms with Crippen LogP contribution in [0.3, 0.4) is 0 Å². The van der Waals surface area contributed by atoms with Gasteiger partial charge < -0.3 is 4.57 Å². The molecule has 258 valence electrons. The predicted molar refractivity (Wildman–Crippen MR) is 225 cm³/mol. The van der Waals surface area contributed by atoms with Gasteiger partial charge in [-0.25, -0.2) is 9.97 Å². The Labute approximate surface area is 318 Å². The third kappa shape index (κ3) is 6.14. The molecule has 5 heteroatoms. The van der Waals surface area contributed by atoms with E-state index in [1.54, 1.807) is 24.8 Å². The highest BCUT2D eigenvalue weighted by Crippen LogP contribution is 2.38. The van der Waals surface area contributed by atoms with Crippen LogP contribution < -0.4 is 0 Å². The summed E-state index contributed by atoms with van der Waals surface area (Å²) < 4.78 is 2.39. The minimum absolute atomic E-state index is 0.918. The molecule has 5 aromatic carbocycles. The molecule has 0 aliphatic rings. The Morgan fingerprint density at radius 2 is 0.673 bits per heavy atom. The fourth-order valence-corrected chi connectivity index (χ4v) is 7.55. The second kappa shape index (κ2) is 13.8. The van der Waals surface area contributed by atoms with Crippen molar-refractivity contribution in [3.63, 3.8) is 0 Å². The van der Waals surface area contributed by atoms with Crippen LogP contribution >= 0.6 is 0 Å². The van der Waals surface area contributed by atoms with Crippen LogP contribution in [-0.2, 0) is 0 Å². The Bertz CT molecular complexity index is 2790. The first-order valence-electron chi connectivity index (χ1n) is 18.4. The summed E-state index contributed by atoms with van der Waals surface area (Å²) in [6.07, 6.45) is 7.21. The third-order valence-electron chi connectivity index (χ3n) is 10.2. The van der Waals surface area contributed by atoms with Gasteiger partial charge in [0.2, 0.25) is 0 Å². The predicted octanol–water partition coefficient (Wildman–Crippen LogP) is 12.4. The van der Waals surface area contributed by atoms with Crippen LogP contribution in [0.2, 0.25) is 0 Å². The van der Waals surface area contributed by atoms with Crippen LogP contribution in [0.4, 0.5) is 0 Å². The molecule has 10 rings (SSSR count). The molecular weight excluding hydrogens is 671 g/mol. The maximum atomic E-state index is 5.06. The number of nitrogens with zero attached hydrogens (tertiary/aromatic N) is 5. The van der Waals surface area contributed by atoms with Crippen LogP contribution in [0.5, 0.6) is 0 Å². The average Bonchev–Trinajstić information content (AvgIpc) is 3.61. The van der Waals surface area contributed by atoms with Gasteiger partial charge in [0, 0.05) is 63.5 Å². The fourth-order valence-electron chi connectivity index (χ4n) is 7.55. The van der Waals surface area contributed by atoms with Crippen molar-refractivity contribution in [1.29, 1.82) is 0 Å². The summed E-state index contributed by atoms with van der Waals surface area (Å²) in [4.78, 5) is 18.5. The van der Waals surface area contributed by atoms with Gasteiger partial charge >= 0.3 is 0 Å². The lowest BCUT2D eigenvalue weighted by Crippen LogP contribution is -1.96. The zero-order valence-electron chi connectivity index (χ0n) is 29.8. The standard InChI is InChI=1S/C50H33N5/c1-3-19-49-43(13-1)44-14-2-4-20-50(44)55(49)42-32-40(36-9-5-11-38(29-36)47-17-7-15-45(53-47)34-21-25-51-26-22-34)31-41(33-42)37-10-6-12-39(30-37)48-18-8-16-46(54-48)35-23-27-52-28-24-35/h1-33H. The number of pyridine rings is 4. The van der Waals surface area contributed by atoms with E-state index >= 15 is 0 Å². The Kier molecular flexibility index (Phi) is 8.08. The van der Waals surface area contributed by atoms with E-state index in [-0.39, 0.29) is 0 Å². The number of para-hydroxylation sites is 2. The van der Waals surface area contributed by atoms with Crippen molar-refractivity contribution < 1.29 is 0 Å². The van der Waals surface area contributed by atoms with E-state index < -0.39 is 0 Å². The zero-order valence-corrected chi connectivity index (χ0v) is 29.8. The van der Waals surface area contributed by atoms with E-state index in [0.29, 0.717) is 0 Å². The Hall–Kier alpha value is -7.50. The van der Waals surface area contributed by atoms with Gasteiger partial charge in [-0.15, -0.1) is 0 Å². The van der Waals surface area contributed by atoms with Crippen LogP contribution in [-0.4, -0.2) is 24.5 Å². The average molecular weight is 704 g/mol. The first-order valence-corrected chi connectivity index (χ1v) is 18.4. The molecule has 0 bridgehead atoms. The lowest BCUT2D eigenvalue weighted by molar-refractivity contribution is 1.18. The number of rotatable bonds is 7. The highest BCUT2D eigenvalue weighted by molar-refractivity contribution is 6.09. The molecule has 5 aromatic heterocycles. The van der Waals surface area contributed by atoms with Crippen LogP contribution in [0.15, 0.2) is 201 Å². The fraction of sp³-hybridized carbons (Fsp3) is 0. The van der Waals surface area contributed by atoms with E-state index in [9.17, 15) is 0 Å². The monoisotopic (exact) mass is 703 g/mol. The third-order valence-corrected chi connectivity index (χ3v) is 10.2. The van der Waals surface area contributed by atoms with Gasteiger partial charge in [-0.05, 0) is 113 Å². The molecule has 0 spiro atoms. The van der Waals surface area contributed by atoms with Gasteiger partial charge in [-0.2, -0.15) is 0 Å². The van der Waals surface area contributed by atoms with Crippen molar-refractivity contribution in [1.82, 2.24) is 24.5 Å². The molecule has 0 aliphatic heterocycles. The second-order valence-corrected chi connectivity index (χ2v) is 13.6. The van der Waals surface area contributed by atoms with Crippen molar-refractivity contribution in [2.45, 2.75) is 0 Å². The Morgan fingerprint density at radius 3 is 1.15 bits per heavy atom. The first-order chi connectivity index (χ1) is 27.2. The van der Waals surface area contributed by atoms with Gasteiger partial charge in [0.1, 0.15) is 0 Å². The highest BCUT2D eigenvalue weighted by Gasteiger charge is 2.15.